The van der Waals surface area contributed by atoms with Crippen molar-refractivity contribution >= 4 is 54.4 Å². The molecule has 4 rings (SSSR count). The van der Waals surface area contributed by atoms with Gasteiger partial charge >= 0.3 is 11.4 Å². The van der Waals surface area contributed by atoms with E-state index in [1.165, 1.54) is 0 Å². The van der Waals surface area contributed by atoms with Crippen LogP contribution in [0, 0.1) is 20.2 Å². The second kappa shape index (κ2) is 15.6. The Morgan fingerprint density at radius 2 is 0.824 bits per heavy atom. The summed E-state index contributed by atoms with van der Waals surface area (Å²) in [7, 11) is -10.0. The Morgan fingerprint density at radius 3 is 1.12 bits per heavy atom. The molecule has 8 N–H and O–H groups in total. The van der Waals surface area contributed by atoms with Crippen molar-refractivity contribution in [2.75, 3.05) is 0 Å². The van der Waals surface area contributed by atoms with E-state index in [1.54, 1.807) is 0 Å². The summed E-state index contributed by atoms with van der Waals surface area (Å²) in [4.78, 5) is 18.1. The van der Waals surface area contributed by atoms with Crippen LogP contribution in [0.1, 0.15) is 11.1 Å². The fourth-order valence-electron chi connectivity index (χ4n) is 3.97. The average Bonchev–Trinajstić information content (AvgIpc) is 2.98. The topological polar surface area (TPSA) is 366 Å². The van der Waals surface area contributed by atoms with Crippen molar-refractivity contribution < 1.29 is 101 Å². The molecule has 0 aliphatic heterocycles. The van der Waals surface area contributed by atoms with E-state index >= 15 is 0 Å². The van der Waals surface area contributed by atoms with Crippen molar-refractivity contribution in [3.8, 4) is 34.5 Å². The van der Waals surface area contributed by atoms with Gasteiger partial charge in [-0.1, -0.05) is 0 Å². The van der Waals surface area contributed by atoms with E-state index in [0.29, 0.717) is 24.3 Å². The predicted molar refractivity (Wildman–Crippen MR) is 160 cm³/mol. The Labute approximate surface area is 304 Å². The van der Waals surface area contributed by atoms with Crippen molar-refractivity contribution in [3.63, 3.8) is 0 Å². The molecule has 0 saturated carbocycles. The number of hydrogen-bond acceptors (Lipinski definition) is 18. The standard InChI is InChI=1S/C25H18N6O16S2.2Fe/c32-20-8-22(34)14(26-28-16-4-12(48(42,43)44)6-18(24(16)36)30(38)39)2-10(20)1-11-3-15(23(35)9-21(11)33)27-29-17-5-13(49(45,46)47)7-19(25(17)37)31(40)41;;/h2-9,32-37H,1H2,(H,42,43,44)(H,45,46,47);;. The van der Waals surface area contributed by atoms with Crippen molar-refractivity contribution in [2.45, 2.75) is 16.2 Å². The number of phenolic OH excluding ortho intramolecular Hbond substituents is 6. The summed E-state index contributed by atoms with van der Waals surface area (Å²) in [6.07, 6.45) is -0.437. The van der Waals surface area contributed by atoms with Gasteiger partial charge in [0.1, 0.15) is 55.5 Å². The molecule has 0 unspecified atom stereocenters. The Balaban J connectivity index is 0.00000451. The molecule has 272 valence electrons. The third-order valence-corrected chi connectivity index (χ3v) is 8.00. The first-order valence-electron chi connectivity index (χ1n) is 12.6. The van der Waals surface area contributed by atoms with Gasteiger partial charge in [-0.05, 0) is 24.3 Å². The number of benzene rings is 4. The van der Waals surface area contributed by atoms with E-state index in [2.05, 4.69) is 20.5 Å². The molecule has 0 aromatic heterocycles. The summed E-state index contributed by atoms with van der Waals surface area (Å²) in [5, 5.41) is 98.4. The molecule has 51 heavy (non-hydrogen) atoms. The van der Waals surface area contributed by atoms with Crippen LogP contribution in [0.4, 0.5) is 34.1 Å². The van der Waals surface area contributed by atoms with Crippen molar-refractivity contribution in [1.29, 1.82) is 0 Å². The first kappa shape index (κ1) is 41.7. The van der Waals surface area contributed by atoms with E-state index in [0.717, 1.165) is 24.3 Å². The Morgan fingerprint density at radius 1 is 0.510 bits per heavy atom. The molecular formula is C25H18Fe2N6O16S2. The van der Waals surface area contributed by atoms with Crippen molar-refractivity contribution in [2.24, 2.45) is 20.5 Å². The van der Waals surface area contributed by atoms with Crippen LogP contribution in [-0.2, 0) is 60.8 Å². The molecule has 4 aromatic carbocycles. The number of phenols is 6. The molecule has 0 bridgehead atoms. The normalized spacial score (nSPS) is 11.6. The number of rotatable bonds is 10. The molecule has 26 heteroatoms. The van der Waals surface area contributed by atoms with E-state index in [-0.39, 0.29) is 45.3 Å². The summed E-state index contributed by atoms with van der Waals surface area (Å²) in [6, 6.07) is 5.30. The Hall–Kier alpha value is -5.46. The molecule has 0 aliphatic rings. The SMILES string of the molecule is O=[N+]([O-])c1cc(S(=O)(=O)O)cc(N=Nc2cc(Cc3cc(N=Nc4cc(S(=O)(=O)O)cc([N+](=O)[O-])c4O)c(O)cc3O)c(O)cc2O)c1O.[Fe].[Fe]. The maximum absolute atomic E-state index is 11.5. The number of nitro groups is 2. The van der Waals surface area contributed by atoms with Crippen LogP contribution in [0.25, 0.3) is 0 Å². The maximum Gasteiger partial charge on any atom is 0.314 e. The fourth-order valence-corrected chi connectivity index (χ4v) is 5.01. The monoisotopic (exact) mass is 834 g/mol. The molecule has 4 aromatic rings. The zero-order valence-electron chi connectivity index (χ0n) is 24.4. The number of nitrogens with zero attached hydrogens (tertiary/aromatic N) is 6. The predicted octanol–water partition coefficient (Wildman–Crippen LogP) is 4.65. The third kappa shape index (κ3) is 9.41. The minimum Gasteiger partial charge on any atom is -0.508 e. The molecule has 0 fully saturated rings. The van der Waals surface area contributed by atoms with Gasteiger partial charge in [0.15, 0.2) is 0 Å². The molecular weight excluding hydrogens is 816 g/mol. The van der Waals surface area contributed by atoms with Crippen LogP contribution in [0.3, 0.4) is 0 Å². The van der Waals surface area contributed by atoms with Gasteiger partial charge < -0.3 is 30.6 Å². The first-order chi connectivity index (χ1) is 22.7. The Bertz CT molecular complexity index is 2190. The maximum atomic E-state index is 11.5. The summed E-state index contributed by atoms with van der Waals surface area (Å²) < 4.78 is 64.7. The number of nitro benzene ring substituents is 2. The number of hydrogen-bond donors (Lipinski definition) is 8. The summed E-state index contributed by atoms with van der Waals surface area (Å²) in [5.41, 5.74) is -5.13. The quantitative estimate of drug-likeness (QED) is 0.0354. The largest absolute Gasteiger partial charge is 0.508 e. The molecule has 0 radical (unpaired) electrons. The molecule has 0 aliphatic carbocycles. The molecule has 22 nitrogen and oxygen atoms in total. The zero-order chi connectivity index (χ0) is 36.6. The van der Waals surface area contributed by atoms with Gasteiger partial charge in [0.25, 0.3) is 20.2 Å². The van der Waals surface area contributed by atoms with Gasteiger partial charge in [0.05, 0.1) is 9.85 Å². The molecule has 0 saturated heterocycles. The fraction of sp³-hybridized carbons (Fsp3) is 0.0400. The van der Waals surface area contributed by atoms with Gasteiger partial charge in [0, 0.05) is 76.0 Å². The summed E-state index contributed by atoms with van der Waals surface area (Å²) >= 11 is 0. The van der Waals surface area contributed by atoms with Crippen LogP contribution in [0.5, 0.6) is 34.5 Å². The second-order valence-corrected chi connectivity index (χ2v) is 12.4. The van der Waals surface area contributed by atoms with Crippen LogP contribution in [0.2, 0.25) is 0 Å². The third-order valence-electron chi connectivity index (χ3n) is 6.34. The van der Waals surface area contributed by atoms with Gasteiger partial charge in [-0.25, -0.2) is 0 Å². The number of azo groups is 2. The molecule has 0 heterocycles. The minimum atomic E-state index is -5.01. The van der Waals surface area contributed by atoms with E-state index in [9.17, 15) is 76.8 Å². The van der Waals surface area contributed by atoms with Gasteiger partial charge in [-0.15, -0.1) is 20.5 Å². The molecule has 0 atom stereocenters. The van der Waals surface area contributed by atoms with Crippen molar-refractivity contribution in [1.82, 2.24) is 0 Å². The van der Waals surface area contributed by atoms with E-state index < -0.39 is 115 Å². The van der Waals surface area contributed by atoms with Gasteiger partial charge in [-0.3, -0.25) is 29.3 Å². The van der Waals surface area contributed by atoms with Gasteiger partial charge in [-0.2, -0.15) is 16.8 Å². The van der Waals surface area contributed by atoms with E-state index in [4.69, 9.17) is 0 Å². The Kier molecular flexibility index (Phi) is 12.8. The first-order valence-corrected chi connectivity index (χ1v) is 15.5. The minimum absolute atomic E-state index is 0. The van der Waals surface area contributed by atoms with Crippen LogP contribution in [0.15, 0.2) is 78.8 Å². The molecule has 0 spiro atoms. The van der Waals surface area contributed by atoms with Crippen LogP contribution in [-0.4, -0.2) is 66.4 Å². The van der Waals surface area contributed by atoms with Gasteiger partial charge in [0.2, 0.25) is 11.5 Å². The average molecular weight is 834 g/mol. The molecule has 0 amide bonds. The number of aromatic hydroxyl groups is 6. The summed E-state index contributed by atoms with van der Waals surface area (Å²) in [5.74, 6) is -4.98. The zero-order valence-corrected chi connectivity index (χ0v) is 28.2. The van der Waals surface area contributed by atoms with Crippen LogP contribution >= 0.6 is 0 Å². The summed E-state index contributed by atoms with van der Waals surface area (Å²) in [6.45, 7) is 0. The van der Waals surface area contributed by atoms with E-state index in [1.807, 2.05) is 0 Å². The van der Waals surface area contributed by atoms with Crippen LogP contribution < -0.4 is 0 Å². The second-order valence-electron chi connectivity index (χ2n) is 9.60. The smallest absolute Gasteiger partial charge is 0.314 e. The van der Waals surface area contributed by atoms with Crippen molar-refractivity contribution in [3.05, 3.63) is 79.9 Å².